The summed E-state index contributed by atoms with van der Waals surface area (Å²) in [6, 6.07) is 0. The highest BCUT2D eigenvalue weighted by Gasteiger charge is 2.38. The second-order valence-corrected chi connectivity index (χ2v) is 4.51. The maximum absolute atomic E-state index is 9.76. The highest BCUT2D eigenvalue weighted by atomic mass is 16.5. The Morgan fingerprint density at radius 2 is 1.86 bits per heavy atom. The predicted molar refractivity (Wildman–Crippen MR) is 59.1 cm³/mol. The zero-order valence-electron chi connectivity index (χ0n) is 9.58. The summed E-state index contributed by atoms with van der Waals surface area (Å²) in [5.74, 6) is 0. The Morgan fingerprint density at radius 1 is 1.36 bits per heavy atom. The predicted octanol–water partition coefficient (Wildman–Crippen LogP) is 1.61. The average Bonchev–Trinajstić information content (AvgIpc) is 1.97. The molecule has 0 spiro atoms. The van der Waals surface area contributed by atoms with Gasteiger partial charge in [-0.1, -0.05) is 6.08 Å². The van der Waals surface area contributed by atoms with E-state index in [1.807, 2.05) is 0 Å². The molecule has 0 fully saturated rings. The monoisotopic (exact) mass is 200 g/mol. The minimum absolute atomic E-state index is 0.503. The Morgan fingerprint density at radius 3 is 2.21 bits per heavy atom. The van der Waals surface area contributed by atoms with Gasteiger partial charge in [-0.3, -0.25) is 0 Å². The number of hydrogen-bond acceptors (Lipinski definition) is 3. The molecule has 0 rings (SSSR count). The smallest absolute Gasteiger partial charge is 0.427 e. The van der Waals surface area contributed by atoms with Crippen molar-refractivity contribution in [3.8, 4) is 0 Å². The van der Waals surface area contributed by atoms with Crippen molar-refractivity contribution in [3.05, 3.63) is 12.7 Å². The molecule has 3 nitrogen and oxygen atoms in total. The molecule has 0 atom stereocenters. The second-order valence-electron chi connectivity index (χ2n) is 4.51. The molecule has 0 aliphatic rings. The third-order valence-electron chi connectivity index (χ3n) is 2.52. The zero-order valence-corrected chi connectivity index (χ0v) is 9.58. The van der Waals surface area contributed by atoms with E-state index in [0.29, 0.717) is 12.7 Å². The topological polar surface area (TPSA) is 49.7 Å². The third kappa shape index (κ3) is 4.27. The molecular formula is C10H21BO3. The second kappa shape index (κ2) is 4.96. The summed E-state index contributed by atoms with van der Waals surface area (Å²) < 4.78 is 5.36. The summed E-state index contributed by atoms with van der Waals surface area (Å²) >= 11 is 0. The van der Waals surface area contributed by atoms with Gasteiger partial charge < -0.3 is 14.8 Å². The zero-order chi connectivity index (χ0) is 11.4. The van der Waals surface area contributed by atoms with Crippen LogP contribution in [0.5, 0.6) is 0 Å². The Balaban J connectivity index is 4.15. The molecule has 0 saturated heterocycles. The van der Waals surface area contributed by atoms with Crippen LogP contribution >= 0.6 is 0 Å². The molecule has 0 bridgehead atoms. The maximum Gasteiger partial charge on any atom is 0.454 e. The summed E-state index contributed by atoms with van der Waals surface area (Å²) in [5, 5.41) is 19.3. The lowest BCUT2D eigenvalue weighted by molar-refractivity contribution is -0.0999. The van der Waals surface area contributed by atoms with Gasteiger partial charge in [0.1, 0.15) is 0 Å². The first-order valence-corrected chi connectivity index (χ1v) is 4.90. The van der Waals surface area contributed by atoms with E-state index >= 15 is 0 Å². The first-order valence-electron chi connectivity index (χ1n) is 4.90. The van der Waals surface area contributed by atoms with Crippen LogP contribution in [0.2, 0.25) is 6.32 Å². The number of rotatable bonds is 6. The van der Waals surface area contributed by atoms with Crippen LogP contribution in [0.4, 0.5) is 0 Å². The van der Waals surface area contributed by atoms with Gasteiger partial charge in [0.2, 0.25) is 0 Å². The highest BCUT2D eigenvalue weighted by Crippen LogP contribution is 2.26. The van der Waals surface area contributed by atoms with Crippen LogP contribution in [-0.2, 0) is 4.65 Å². The fraction of sp³-hybridized carbons (Fsp3) is 0.800. The van der Waals surface area contributed by atoms with Crippen LogP contribution in [0.1, 0.15) is 34.1 Å². The lowest BCUT2D eigenvalue weighted by Gasteiger charge is -2.38. The summed E-state index contributed by atoms with van der Waals surface area (Å²) in [5.41, 5.74) is -1.75. The first-order chi connectivity index (χ1) is 6.20. The number of hydrogen-bond donors (Lipinski definition) is 2. The Labute approximate surface area is 86.9 Å². The van der Waals surface area contributed by atoms with Crippen molar-refractivity contribution in [2.75, 3.05) is 0 Å². The Kier molecular flexibility index (Phi) is 4.85. The Bertz CT molecular complexity index is 184. The highest BCUT2D eigenvalue weighted by molar-refractivity contribution is 6.42. The molecule has 0 aromatic heterocycles. The van der Waals surface area contributed by atoms with Crippen molar-refractivity contribution < 1.29 is 14.8 Å². The molecule has 0 saturated carbocycles. The average molecular weight is 200 g/mol. The van der Waals surface area contributed by atoms with Gasteiger partial charge in [0.05, 0.1) is 11.2 Å². The van der Waals surface area contributed by atoms with Gasteiger partial charge in [0, 0.05) is 0 Å². The van der Waals surface area contributed by atoms with Crippen LogP contribution in [0, 0.1) is 0 Å². The van der Waals surface area contributed by atoms with Crippen molar-refractivity contribution in [3.63, 3.8) is 0 Å². The van der Waals surface area contributed by atoms with E-state index in [9.17, 15) is 10.1 Å². The fourth-order valence-corrected chi connectivity index (χ4v) is 0.804. The van der Waals surface area contributed by atoms with E-state index in [1.54, 1.807) is 33.8 Å². The fourth-order valence-electron chi connectivity index (χ4n) is 0.804. The van der Waals surface area contributed by atoms with Crippen molar-refractivity contribution in [1.82, 2.24) is 0 Å². The quantitative estimate of drug-likeness (QED) is 0.505. The minimum Gasteiger partial charge on any atom is -0.427 e. The molecular weight excluding hydrogens is 179 g/mol. The third-order valence-corrected chi connectivity index (χ3v) is 2.52. The largest absolute Gasteiger partial charge is 0.454 e. The molecule has 82 valence electrons. The van der Waals surface area contributed by atoms with E-state index in [2.05, 4.69) is 6.58 Å². The molecule has 0 aliphatic heterocycles. The molecule has 2 N–H and O–H groups in total. The van der Waals surface area contributed by atoms with Gasteiger partial charge in [-0.15, -0.1) is 6.58 Å². The molecule has 0 aromatic carbocycles. The van der Waals surface area contributed by atoms with Crippen molar-refractivity contribution in [2.45, 2.75) is 51.6 Å². The molecule has 4 heteroatoms. The van der Waals surface area contributed by atoms with Crippen LogP contribution < -0.4 is 0 Å². The summed E-state index contributed by atoms with van der Waals surface area (Å²) in [4.78, 5) is 0. The lowest BCUT2D eigenvalue weighted by atomic mass is 9.79. The Hall–Kier alpha value is -0.315. The van der Waals surface area contributed by atoms with Crippen LogP contribution in [0.15, 0.2) is 12.7 Å². The van der Waals surface area contributed by atoms with Crippen molar-refractivity contribution >= 4 is 7.12 Å². The van der Waals surface area contributed by atoms with Gasteiger partial charge in [-0.05, 0) is 40.4 Å². The summed E-state index contributed by atoms with van der Waals surface area (Å²) in [7, 11) is -0.852. The van der Waals surface area contributed by atoms with Gasteiger partial charge in [0.25, 0.3) is 0 Å². The summed E-state index contributed by atoms with van der Waals surface area (Å²) in [6.45, 7) is 10.4. The van der Waals surface area contributed by atoms with E-state index < -0.39 is 18.3 Å². The molecule has 0 aliphatic carbocycles. The minimum atomic E-state index is -0.984. The molecule has 0 unspecified atom stereocenters. The van der Waals surface area contributed by atoms with Gasteiger partial charge >= 0.3 is 7.12 Å². The van der Waals surface area contributed by atoms with Crippen molar-refractivity contribution in [1.29, 1.82) is 0 Å². The van der Waals surface area contributed by atoms with Gasteiger partial charge in [-0.25, -0.2) is 0 Å². The summed E-state index contributed by atoms with van der Waals surface area (Å²) in [6.07, 6.45) is 2.93. The van der Waals surface area contributed by atoms with Gasteiger partial charge in [0.15, 0.2) is 0 Å². The van der Waals surface area contributed by atoms with Crippen molar-refractivity contribution in [2.24, 2.45) is 0 Å². The maximum atomic E-state index is 9.76. The number of aliphatic hydroxyl groups is 1. The standard InChI is InChI=1S/C10H21BO3/c1-6-7-8-11(13)14-10(4,5)9(2,3)12/h6,12-13H,1,7-8H2,2-5H3. The van der Waals surface area contributed by atoms with Crippen LogP contribution in [0.3, 0.4) is 0 Å². The first kappa shape index (κ1) is 13.7. The van der Waals surface area contributed by atoms with Crippen LogP contribution in [0.25, 0.3) is 0 Å². The number of allylic oxidation sites excluding steroid dienone is 1. The van der Waals surface area contributed by atoms with E-state index in [1.165, 1.54) is 0 Å². The molecule has 0 heterocycles. The molecule has 0 radical (unpaired) electrons. The van der Waals surface area contributed by atoms with Gasteiger partial charge in [-0.2, -0.15) is 0 Å². The van der Waals surface area contributed by atoms with E-state index in [4.69, 9.17) is 4.65 Å². The molecule has 0 aromatic rings. The van der Waals surface area contributed by atoms with E-state index in [0.717, 1.165) is 0 Å². The lowest BCUT2D eigenvalue weighted by Crippen LogP contribution is -2.50. The molecule has 14 heavy (non-hydrogen) atoms. The normalized spacial score (nSPS) is 12.7. The van der Waals surface area contributed by atoms with Crippen LogP contribution in [-0.4, -0.2) is 28.5 Å². The van der Waals surface area contributed by atoms with E-state index in [-0.39, 0.29) is 0 Å². The SMILES string of the molecule is C=CCCB(O)OC(C)(C)C(C)(C)O. The molecule has 0 amide bonds.